The Bertz CT molecular complexity index is 620. The van der Waals surface area contributed by atoms with E-state index in [9.17, 15) is 4.79 Å². The average Bonchev–Trinajstić information content (AvgIpc) is 3.15. The number of benzene rings is 1. The molecule has 1 fully saturated rings. The van der Waals surface area contributed by atoms with Gasteiger partial charge < -0.3 is 5.32 Å². The van der Waals surface area contributed by atoms with E-state index in [1.807, 2.05) is 25.1 Å². The molecule has 1 amide bonds. The van der Waals surface area contributed by atoms with Crippen molar-refractivity contribution < 1.29 is 4.79 Å². The number of rotatable bonds is 6. The smallest absolute Gasteiger partial charge is 0.237 e. The van der Waals surface area contributed by atoms with Crippen LogP contribution in [0.1, 0.15) is 55.5 Å². The molecule has 1 aromatic heterocycles. The van der Waals surface area contributed by atoms with Crippen molar-refractivity contribution in [2.24, 2.45) is 0 Å². The predicted molar refractivity (Wildman–Crippen MR) is 100 cm³/mol. The summed E-state index contributed by atoms with van der Waals surface area (Å²) in [6.45, 7) is 1.96. The van der Waals surface area contributed by atoms with Crippen LogP contribution in [0.5, 0.6) is 0 Å². The number of hydrogen-bond donors (Lipinski definition) is 2. The molecule has 1 aliphatic carbocycles. The molecule has 0 saturated heterocycles. The molecular formula is C20H26N2OS. The maximum Gasteiger partial charge on any atom is 0.237 e. The molecule has 1 heterocycles. The molecule has 3 rings (SSSR count). The first-order chi connectivity index (χ1) is 11.7. The van der Waals surface area contributed by atoms with Gasteiger partial charge in [0.25, 0.3) is 0 Å². The van der Waals surface area contributed by atoms with Crippen molar-refractivity contribution in [2.45, 2.75) is 57.2 Å². The maximum atomic E-state index is 12.6. The van der Waals surface area contributed by atoms with Crippen LogP contribution in [0.25, 0.3) is 0 Å². The van der Waals surface area contributed by atoms with E-state index in [4.69, 9.17) is 0 Å². The number of amides is 1. The summed E-state index contributed by atoms with van der Waals surface area (Å²) < 4.78 is 0. The zero-order valence-corrected chi connectivity index (χ0v) is 15.0. The molecule has 0 unspecified atom stereocenters. The van der Waals surface area contributed by atoms with E-state index in [1.54, 1.807) is 11.3 Å². The molecule has 2 aromatic rings. The first-order valence-electron chi connectivity index (χ1n) is 8.89. The Labute approximate surface area is 148 Å². The van der Waals surface area contributed by atoms with Crippen LogP contribution in [0.3, 0.4) is 0 Å². The van der Waals surface area contributed by atoms with E-state index in [-0.39, 0.29) is 18.0 Å². The van der Waals surface area contributed by atoms with E-state index < -0.39 is 0 Å². The second-order valence-corrected chi connectivity index (χ2v) is 7.57. The van der Waals surface area contributed by atoms with Gasteiger partial charge in [-0.25, -0.2) is 0 Å². The molecule has 0 radical (unpaired) electrons. The molecule has 1 aromatic carbocycles. The van der Waals surface area contributed by atoms with Gasteiger partial charge in [0.15, 0.2) is 0 Å². The van der Waals surface area contributed by atoms with E-state index in [0.29, 0.717) is 6.04 Å². The van der Waals surface area contributed by atoms with Crippen LogP contribution in [0.4, 0.5) is 0 Å². The van der Waals surface area contributed by atoms with Crippen LogP contribution >= 0.6 is 11.3 Å². The van der Waals surface area contributed by atoms with E-state index in [2.05, 4.69) is 40.3 Å². The van der Waals surface area contributed by atoms with Gasteiger partial charge in [-0.2, -0.15) is 0 Å². The normalized spacial score (nSPS) is 18.0. The molecule has 128 valence electrons. The monoisotopic (exact) mass is 342 g/mol. The minimum absolute atomic E-state index is 0.0540. The zero-order chi connectivity index (χ0) is 16.8. The van der Waals surface area contributed by atoms with Crippen molar-refractivity contribution in [3.63, 3.8) is 0 Å². The van der Waals surface area contributed by atoms with Crippen LogP contribution < -0.4 is 10.6 Å². The molecular weight excluding hydrogens is 316 g/mol. The third-order valence-electron chi connectivity index (χ3n) is 4.72. The summed E-state index contributed by atoms with van der Waals surface area (Å²) in [4.78, 5) is 13.8. The Morgan fingerprint density at radius 3 is 2.50 bits per heavy atom. The Balaban J connectivity index is 1.66. The number of hydrogen-bond acceptors (Lipinski definition) is 3. The Morgan fingerprint density at radius 1 is 1.08 bits per heavy atom. The molecule has 2 atom stereocenters. The number of carbonyl (C=O) groups is 1. The number of carbonyl (C=O) groups excluding carboxylic acids is 1. The fourth-order valence-electron chi connectivity index (χ4n) is 3.34. The summed E-state index contributed by atoms with van der Waals surface area (Å²) in [7, 11) is 0. The minimum Gasteiger partial charge on any atom is -0.352 e. The van der Waals surface area contributed by atoms with Crippen molar-refractivity contribution in [3.8, 4) is 0 Å². The van der Waals surface area contributed by atoms with Gasteiger partial charge in [0.05, 0.1) is 12.1 Å². The highest BCUT2D eigenvalue weighted by Crippen LogP contribution is 2.26. The van der Waals surface area contributed by atoms with Crippen molar-refractivity contribution in [3.05, 3.63) is 58.3 Å². The highest BCUT2D eigenvalue weighted by atomic mass is 32.1. The quantitative estimate of drug-likeness (QED) is 0.823. The molecule has 0 spiro atoms. The number of nitrogens with one attached hydrogen (secondary N) is 2. The topological polar surface area (TPSA) is 41.1 Å². The molecule has 1 aliphatic rings. The summed E-state index contributed by atoms with van der Waals surface area (Å²) in [6, 6.07) is 14.7. The lowest BCUT2D eigenvalue weighted by Gasteiger charge is -2.27. The van der Waals surface area contributed by atoms with Crippen LogP contribution in [-0.4, -0.2) is 18.0 Å². The number of thiophene rings is 1. The fraction of sp³-hybridized carbons (Fsp3) is 0.450. The summed E-state index contributed by atoms with van der Waals surface area (Å²) in [5.74, 6) is 0.111. The predicted octanol–water partition coefficient (Wildman–Crippen LogP) is 4.26. The van der Waals surface area contributed by atoms with Gasteiger partial charge in [-0.05, 0) is 36.8 Å². The van der Waals surface area contributed by atoms with Crippen LogP contribution in [0.2, 0.25) is 0 Å². The largest absolute Gasteiger partial charge is 0.352 e. The second-order valence-electron chi connectivity index (χ2n) is 6.59. The van der Waals surface area contributed by atoms with Crippen molar-refractivity contribution >= 4 is 17.2 Å². The van der Waals surface area contributed by atoms with Crippen LogP contribution in [0, 0.1) is 0 Å². The minimum atomic E-state index is -0.223. The van der Waals surface area contributed by atoms with Crippen LogP contribution in [0.15, 0.2) is 47.8 Å². The van der Waals surface area contributed by atoms with E-state index in [1.165, 1.54) is 29.7 Å². The van der Waals surface area contributed by atoms with E-state index in [0.717, 1.165) is 12.8 Å². The maximum absolute atomic E-state index is 12.6. The summed E-state index contributed by atoms with van der Waals surface area (Å²) in [5, 5.41) is 8.83. The van der Waals surface area contributed by atoms with Gasteiger partial charge in [-0.3, -0.25) is 10.1 Å². The van der Waals surface area contributed by atoms with Gasteiger partial charge in [0, 0.05) is 10.9 Å². The first kappa shape index (κ1) is 17.2. The zero-order valence-electron chi connectivity index (χ0n) is 14.2. The van der Waals surface area contributed by atoms with Crippen molar-refractivity contribution in [1.82, 2.24) is 10.6 Å². The lowest BCUT2D eigenvalue weighted by molar-refractivity contribution is -0.123. The molecule has 2 N–H and O–H groups in total. The van der Waals surface area contributed by atoms with Gasteiger partial charge in [-0.15, -0.1) is 11.3 Å². The Kier molecular flexibility index (Phi) is 6.05. The molecule has 3 nitrogen and oxygen atoms in total. The lowest BCUT2D eigenvalue weighted by Crippen LogP contribution is -2.47. The highest BCUT2D eigenvalue weighted by Gasteiger charge is 2.23. The molecule has 0 bridgehead atoms. The SMILES string of the molecule is C[C@@H](N[C@H](c1ccccc1)c1cccs1)C(=O)NC1CCCCC1. The first-order valence-corrected chi connectivity index (χ1v) is 9.77. The average molecular weight is 343 g/mol. The summed E-state index contributed by atoms with van der Waals surface area (Å²) in [6.07, 6.45) is 5.99. The van der Waals surface area contributed by atoms with Crippen LogP contribution in [-0.2, 0) is 4.79 Å². The third kappa shape index (κ3) is 4.46. The van der Waals surface area contributed by atoms with Gasteiger partial charge >= 0.3 is 0 Å². The Morgan fingerprint density at radius 2 is 1.83 bits per heavy atom. The second kappa shape index (κ2) is 8.45. The van der Waals surface area contributed by atoms with Gasteiger partial charge in [-0.1, -0.05) is 55.7 Å². The highest BCUT2D eigenvalue weighted by molar-refractivity contribution is 7.10. The van der Waals surface area contributed by atoms with Crippen molar-refractivity contribution in [2.75, 3.05) is 0 Å². The summed E-state index contributed by atoms with van der Waals surface area (Å²) >= 11 is 1.72. The summed E-state index contributed by atoms with van der Waals surface area (Å²) in [5.41, 5.74) is 1.19. The molecule has 24 heavy (non-hydrogen) atoms. The molecule has 4 heteroatoms. The fourth-order valence-corrected chi connectivity index (χ4v) is 4.15. The molecule has 0 aliphatic heterocycles. The third-order valence-corrected chi connectivity index (χ3v) is 5.66. The standard InChI is InChI=1S/C20H26N2OS/c1-15(20(23)22-17-11-6-3-7-12-17)21-19(18-13-8-14-24-18)16-9-4-2-5-10-16/h2,4-5,8-10,13-15,17,19,21H,3,6-7,11-12H2,1H3,(H,22,23)/t15-,19-/m1/s1. The molecule has 1 saturated carbocycles. The Hall–Kier alpha value is -1.65. The van der Waals surface area contributed by atoms with E-state index >= 15 is 0 Å². The van der Waals surface area contributed by atoms with Gasteiger partial charge in [0.1, 0.15) is 0 Å². The lowest BCUT2D eigenvalue weighted by atomic mass is 9.95. The van der Waals surface area contributed by atoms with Gasteiger partial charge in [0.2, 0.25) is 5.91 Å². The van der Waals surface area contributed by atoms with Crippen molar-refractivity contribution in [1.29, 1.82) is 0 Å².